The van der Waals surface area contributed by atoms with Crippen molar-refractivity contribution in [3.63, 3.8) is 0 Å². The molecule has 2 amide bonds. The Morgan fingerprint density at radius 1 is 1.30 bits per heavy atom. The second kappa shape index (κ2) is 7.47. The van der Waals surface area contributed by atoms with Gasteiger partial charge in [0.05, 0.1) is 5.92 Å². The third kappa shape index (κ3) is 5.00. The lowest BCUT2D eigenvalue weighted by Gasteiger charge is -2.30. The van der Waals surface area contributed by atoms with Gasteiger partial charge >= 0.3 is 12.0 Å². The highest BCUT2D eigenvalue weighted by atomic mass is 16.5. The molecule has 0 bridgehead atoms. The first-order valence-electron chi connectivity index (χ1n) is 7.50. The Morgan fingerprint density at radius 2 is 2.10 bits per heavy atom. The molecule has 1 saturated heterocycles. The van der Waals surface area contributed by atoms with Crippen molar-refractivity contribution >= 4 is 12.0 Å². The molecule has 1 unspecified atom stereocenters. The molecule has 2 aliphatic rings. The summed E-state index contributed by atoms with van der Waals surface area (Å²) in [5.74, 6) is -0.460. The summed E-state index contributed by atoms with van der Waals surface area (Å²) in [6, 6.07) is -0.154. The van der Waals surface area contributed by atoms with Crippen LogP contribution in [0.1, 0.15) is 32.1 Å². The molecule has 1 aliphatic carbocycles. The van der Waals surface area contributed by atoms with Crippen LogP contribution in [-0.4, -0.2) is 54.9 Å². The van der Waals surface area contributed by atoms with E-state index in [1.165, 1.54) is 12.8 Å². The van der Waals surface area contributed by atoms with Crippen molar-refractivity contribution in [2.75, 3.05) is 32.8 Å². The van der Waals surface area contributed by atoms with Gasteiger partial charge in [-0.3, -0.25) is 4.79 Å². The van der Waals surface area contributed by atoms with Gasteiger partial charge < -0.3 is 20.1 Å². The standard InChI is InChI=1S/C14H24N2O4/c17-13(18)12-3-1-7-16(9-12)14(19)15-6-2-8-20-10-11-4-5-11/h11-12H,1-10H2,(H,15,19)(H,17,18). The van der Waals surface area contributed by atoms with Gasteiger partial charge in [-0.25, -0.2) is 4.79 Å². The molecule has 1 heterocycles. The zero-order valence-electron chi connectivity index (χ0n) is 11.8. The molecule has 1 atom stereocenters. The Hall–Kier alpha value is -1.30. The van der Waals surface area contributed by atoms with Crippen molar-refractivity contribution in [2.45, 2.75) is 32.1 Å². The molecule has 6 heteroatoms. The predicted octanol–water partition coefficient (Wildman–Crippen LogP) is 1.31. The number of rotatable bonds is 7. The van der Waals surface area contributed by atoms with Crippen molar-refractivity contribution in [3.8, 4) is 0 Å². The van der Waals surface area contributed by atoms with E-state index in [0.29, 0.717) is 32.7 Å². The second-order valence-electron chi connectivity index (χ2n) is 5.73. The minimum Gasteiger partial charge on any atom is -0.481 e. The molecule has 0 aromatic rings. The largest absolute Gasteiger partial charge is 0.481 e. The highest BCUT2D eigenvalue weighted by molar-refractivity contribution is 5.76. The molecular formula is C14H24N2O4. The van der Waals surface area contributed by atoms with E-state index >= 15 is 0 Å². The van der Waals surface area contributed by atoms with Gasteiger partial charge in [0.25, 0.3) is 0 Å². The highest BCUT2D eigenvalue weighted by Gasteiger charge is 2.27. The molecule has 0 aromatic heterocycles. The quantitative estimate of drug-likeness (QED) is 0.691. The van der Waals surface area contributed by atoms with Gasteiger partial charge in [0, 0.05) is 32.8 Å². The fraction of sp³-hybridized carbons (Fsp3) is 0.857. The number of aliphatic carboxylic acids is 1. The Balaban J connectivity index is 1.55. The first-order chi connectivity index (χ1) is 9.66. The molecule has 20 heavy (non-hydrogen) atoms. The van der Waals surface area contributed by atoms with E-state index in [9.17, 15) is 9.59 Å². The maximum atomic E-state index is 11.9. The molecule has 6 nitrogen and oxygen atoms in total. The first-order valence-corrected chi connectivity index (χ1v) is 7.50. The summed E-state index contributed by atoms with van der Waals surface area (Å²) in [4.78, 5) is 24.4. The zero-order valence-corrected chi connectivity index (χ0v) is 11.8. The van der Waals surface area contributed by atoms with Crippen LogP contribution in [0.15, 0.2) is 0 Å². The predicted molar refractivity (Wildman–Crippen MR) is 73.5 cm³/mol. The molecule has 2 N–H and O–H groups in total. The van der Waals surface area contributed by atoms with Crippen LogP contribution in [0.5, 0.6) is 0 Å². The summed E-state index contributed by atoms with van der Waals surface area (Å²) in [6.45, 7) is 3.07. The number of piperidine rings is 1. The van der Waals surface area contributed by atoms with Gasteiger partial charge in [-0.15, -0.1) is 0 Å². The number of amides is 2. The maximum Gasteiger partial charge on any atom is 0.317 e. The van der Waals surface area contributed by atoms with Crippen LogP contribution < -0.4 is 5.32 Å². The lowest BCUT2D eigenvalue weighted by molar-refractivity contribution is -0.143. The van der Waals surface area contributed by atoms with E-state index in [0.717, 1.165) is 25.4 Å². The molecule has 2 rings (SSSR count). The lowest BCUT2D eigenvalue weighted by atomic mass is 9.99. The fourth-order valence-corrected chi connectivity index (χ4v) is 2.38. The molecular weight excluding hydrogens is 260 g/mol. The normalized spacial score (nSPS) is 22.6. The summed E-state index contributed by atoms with van der Waals surface area (Å²) >= 11 is 0. The number of ether oxygens (including phenoxy) is 1. The van der Waals surface area contributed by atoms with Crippen LogP contribution in [0.2, 0.25) is 0 Å². The van der Waals surface area contributed by atoms with Gasteiger partial charge in [0.2, 0.25) is 0 Å². The zero-order chi connectivity index (χ0) is 14.4. The smallest absolute Gasteiger partial charge is 0.317 e. The number of carboxylic acids is 1. The molecule has 1 saturated carbocycles. The second-order valence-corrected chi connectivity index (χ2v) is 5.73. The van der Waals surface area contributed by atoms with E-state index in [4.69, 9.17) is 9.84 Å². The van der Waals surface area contributed by atoms with Gasteiger partial charge in [-0.05, 0) is 38.0 Å². The number of nitrogens with zero attached hydrogens (tertiary/aromatic N) is 1. The van der Waals surface area contributed by atoms with Crippen molar-refractivity contribution in [1.82, 2.24) is 10.2 Å². The van der Waals surface area contributed by atoms with Gasteiger partial charge in [-0.1, -0.05) is 0 Å². The van der Waals surface area contributed by atoms with E-state index < -0.39 is 11.9 Å². The summed E-state index contributed by atoms with van der Waals surface area (Å²) in [5, 5.41) is 11.8. The van der Waals surface area contributed by atoms with E-state index in [1.54, 1.807) is 4.90 Å². The third-order valence-corrected chi connectivity index (χ3v) is 3.85. The Labute approximate surface area is 119 Å². The van der Waals surface area contributed by atoms with Crippen molar-refractivity contribution in [2.24, 2.45) is 11.8 Å². The number of urea groups is 1. The van der Waals surface area contributed by atoms with Crippen molar-refractivity contribution in [3.05, 3.63) is 0 Å². The molecule has 0 spiro atoms. The highest BCUT2D eigenvalue weighted by Crippen LogP contribution is 2.28. The van der Waals surface area contributed by atoms with Gasteiger partial charge in [0.15, 0.2) is 0 Å². The van der Waals surface area contributed by atoms with E-state index in [-0.39, 0.29) is 6.03 Å². The average Bonchev–Trinajstić information content (AvgIpc) is 3.26. The van der Waals surface area contributed by atoms with Gasteiger partial charge in [0.1, 0.15) is 0 Å². The SMILES string of the molecule is O=C(O)C1CCCN(C(=O)NCCCOCC2CC2)C1. The summed E-state index contributed by atoms with van der Waals surface area (Å²) in [6.07, 6.45) is 4.80. The molecule has 0 radical (unpaired) electrons. The molecule has 1 aliphatic heterocycles. The number of hydrogen-bond acceptors (Lipinski definition) is 3. The summed E-state index contributed by atoms with van der Waals surface area (Å²) in [7, 11) is 0. The van der Waals surface area contributed by atoms with Crippen LogP contribution in [0, 0.1) is 11.8 Å². The van der Waals surface area contributed by atoms with Crippen LogP contribution in [0.25, 0.3) is 0 Å². The number of likely N-dealkylation sites (tertiary alicyclic amines) is 1. The number of carboxylic acid groups (broad SMARTS) is 1. The number of carbonyl (C=O) groups is 2. The van der Waals surface area contributed by atoms with E-state index in [1.807, 2.05) is 0 Å². The minimum absolute atomic E-state index is 0.154. The average molecular weight is 284 g/mol. The summed E-state index contributed by atoms with van der Waals surface area (Å²) in [5.41, 5.74) is 0. The maximum absolute atomic E-state index is 11.9. The first kappa shape index (κ1) is 15.1. The Kier molecular flexibility index (Phi) is 5.64. The number of nitrogens with one attached hydrogen (secondary N) is 1. The molecule has 0 aromatic carbocycles. The van der Waals surface area contributed by atoms with Crippen LogP contribution in [-0.2, 0) is 9.53 Å². The molecule has 114 valence electrons. The van der Waals surface area contributed by atoms with Gasteiger partial charge in [-0.2, -0.15) is 0 Å². The number of carbonyl (C=O) groups excluding carboxylic acids is 1. The summed E-state index contributed by atoms with van der Waals surface area (Å²) < 4.78 is 5.49. The molecule has 2 fully saturated rings. The monoisotopic (exact) mass is 284 g/mol. The lowest BCUT2D eigenvalue weighted by Crippen LogP contribution is -2.47. The minimum atomic E-state index is -0.809. The van der Waals surface area contributed by atoms with E-state index in [2.05, 4.69) is 5.32 Å². The fourth-order valence-electron chi connectivity index (χ4n) is 2.38. The van der Waals surface area contributed by atoms with Crippen LogP contribution in [0.4, 0.5) is 4.79 Å². The van der Waals surface area contributed by atoms with Crippen molar-refractivity contribution < 1.29 is 19.4 Å². The Bertz CT molecular complexity index is 344. The third-order valence-electron chi connectivity index (χ3n) is 3.85. The van der Waals surface area contributed by atoms with Crippen molar-refractivity contribution in [1.29, 1.82) is 0 Å². The number of hydrogen-bond donors (Lipinski definition) is 2. The van der Waals surface area contributed by atoms with Crippen LogP contribution >= 0.6 is 0 Å². The Morgan fingerprint density at radius 3 is 2.80 bits per heavy atom. The topological polar surface area (TPSA) is 78.9 Å². The van der Waals surface area contributed by atoms with Crippen LogP contribution in [0.3, 0.4) is 0 Å².